The number of hydrogen-bond donors (Lipinski definition) is 1. The summed E-state index contributed by atoms with van der Waals surface area (Å²) in [6, 6.07) is 24.8. The van der Waals surface area contributed by atoms with Gasteiger partial charge in [-0.05, 0) is 72.9 Å². The van der Waals surface area contributed by atoms with Crippen molar-refractivity contribution >= 4 is 59.7 Å². The van der Waals surface area contributed by atoms with Gasteiger partial charge in [0.1, 0.15) is 0 Å². The van der Waals surface area contributed by atoms with Crippen LogP contribution >= 0.6 is 11.6 Å². The van der Waals surface area contributed by atoms with Crippen LogP contribution in [-0.2, 0) is 34.6 Å². The fourth-order valence-corrected chi connectivity index (χ4v) is 11.2. The molecular weight excluding hydrogens is 673 g/mol. The first kappa shape index (κ1) is 32.8. The summed E-state index contributed by atoms with van der Waals surface area (Å²) < 4.78 is 24.8. The van der Waals surface area contributed by atoms with Gasteiger partial charge in [-0.1, -0.05) is 60.1 Å². The van der Waals surface area contributed by atoms with Gasteiger partial charge in [0.25, 0.3) is 11.8 Å². The molecule has 4 atom stereocenters. The highest BCUT2D eigenvalue weighted by molar-refractivity contribution is 6.72. The van der Waals surface area contributed by atoms with Gasteiger partial charge < -0.3 is 18.9 Å². The molecule has 3 aliphatic heterocycles. The van der Waals surface area contributed by atoms with Crippen LogP contribution in [0.4, 0.5) is 21.2 Å². The first-order chi connectivity index (χ1) is 24.0. The van der Waals surface area contributed by atoms with E-state index in [2.05, 4.69) is 10.3 Å². The van der Waals surface area contributed by atoms with Gasteiger partial charge in [-0.2, -0.15) is 0 Å². The van der Waals surface area contributed by atoms with Crippen LogP contribution in [0, 0.1) is 5.92 Å². The fraction of sp³-hybridized carbons (Fsp3) is 0.316. The Morgan fingerprint density at radius 1 is 1.02 bits per heavy atom. The number of hydrogen-bond acceptors (Lipinski definition) is 6. The molecule has 4 heterocycles. The summed E-state index contributed by atoms with van der Waals surface area (Å²) in [6.45, 7) is 5.95. The van der Waals surface area contributed by atoms with E-state index in [1.165, 1.54) is 0 Å². The lowest BCUT2D eigenvalue weighted by molar-refractivity contribution is -0.146. The van der Waals surface area contributed by atoms with Crippen LogP contribution in [0.15, 0.2) is 85.1 Å². The summed E-state index contributed by atoms with van der Waals surface area (Å²) in [5.74, 6) is -0.764. The number of ether oxygens (including phenoxy) is 1. The highest BCUT2D eigenvalue weighted by Gasteiger charge is 2.66. The van der Waals surface area contributed by atoms with Crippen molar-refractivity contribution in [3.63, 3.8) is 0 Å². The number of fused-ring (bicyclic) bond motifs is 2. The molecule has 3 aliphatic rings. The van der Waals surface area contributed by atoms with E-state index in [0.29, 0.717) is 46.9 Å². The van der Waals surface area contributed by atoms with E-state index in [-0.39, 0.29) is 25.0 Å². The lowest BCUT2D eigenvalue weighted by atomic mass is 9.82. The summed E-state index contributed by atoms with van der Waals surface area (Å²) in [4.78, 5) is 31.7. The van der Waals surface area contributed by atoms with Crippen molar-refractivity contribution in [2.45, 2.75) is 63.2 Å². The van der Waals surface area contributed by atoms with E-state index in [9.17, 15) is 14.7 Å². The molecule has 4 aromatic carbocycles. The van der Waals surface area contributed by atoms with Gasteiger partial charge >= 0.3 is 0 Å². The van der Waals surface area contributed by atoms with Crippen LogP contribution in [0.2, 0.25) is 23.7 Å². The number of aliphatic hydroxyl groups is 1. The average Bonchev–Trinajstić information content (AvgIpc) is 3.81. The first-order valence-corrected chi connectivity index (χ1v) is 20.3. The Hall–Kier alpha value is -4.42. The van der Waals surface area contributed by atoms with Crippen molar-refractivity contribution in [1.82, 2.24) is 15.0 Å². The van der Waals surface area contributed by atoms with E-state index in [0.717, 1.165) is 27.7 Å². The van der Waals surface area contributed by atoms with Crippen molar-refractivity contribution in [1.29, 1.82) is 0 Å². The summed E-state index contributed by atoms with van der Waals surface area (Å²) in [5.41, 5.74) is 3.29. The predicted molar refractivity (Wildman–Crippen MR) is 193 cm³/mol. The lowest BCUT2D eigenvalue weighted by Crippen LogP contribution is -2.45. The van der Waals surface area contributed by atoms with Gasteiger partial charge in [-0.25, -0.2) is 0 Å². The molecule has 256 valence electrons. The van der Waals surface area contributed by atoms with Crippen LogP contribution < -0.4 is 9.80 Å². The fourth-order valence-electron chi connectivity index (χ4n) is 8.49. The Balaban J connectivity index is 1.09. The van der Waals surface area contributed by atoms with E-state index in [1.807, 2.05) is 73.7 Å². The monoisotopic (exact) mass is 709 g/mol. The number of carbonyl (C=O) groups excluding carboxylic acids is 2. The molecule has 1 fully saturated rings. The van der Waals surface area contributed by atoms with Crippen LogP contribution in [0.25, 0.3) is 10.8 Å². The topological polar surface area (TPSA) is 101 Å². The Morgan fingerprint density at radius 2 is 1.78 bits per heavy atom. The number of aryl methyl sites for hydroxylation is 1. The minimum absolute atomic E-state index is 0.0251. The van der Waals surface area contributed by atoms with Gasteiger partial charge in [0.2, 0.25) is 8.41 Å². The molecule has 8 rings (SSSR count). The summed E-state index contributed by atoms with van der Waals surface area (Å²) in [5, 5.41) is 20.0. The molecule has 1 spiro atoms. The molecule has 0 radical (unpaired) electrons. The summed E-state index contributed by atoms with van der Waals surface area (Å²) in [6.07, 6.45) is 2.08. The minimum Gasteiger partial charge on any atom is -0.396 e. The van der Waals surface area contributed by atoms with Crippen molar-refractivity contribution in [3.05, 3.63) is 112 Å². The average molecular weight is 710 g/mol. The molecule has 50 heavy (non-hydrogen) atoms. The molecule has 9 nitrogen and oxygen atoms in total. The van der Waals surface area contributed by atoms with Gasteiger partial charge in [0.05, 0.1) is 35.3 Å². The molecule has 2 amide bonds. The van der Waals surface area contributed by atoms with Crippen LogP contribution in [0.1, 0.15) is 40.5 Å². The Labute approximate surface area is 295 Å². The van der Waals surface area contributed by atoms with Gasteiger partial charge in [-0.15, -0.1) is 5.10 Å². The number of aliphatic hydroxyl groups excluding tert-OH is 1. The molecular formula is C38H37ClFN5O4Si. The van der Waals surface area contributed by atoms with Crippen LogP contribution in [-0.4, -0.2) is 53.0 Å². The number of benzene rings is 4. The highest BCUT2D eigenvalue weighted by atomic mass is 35.5. The second-order valence-corrected chi connectivity index (χ2v) is 18.3. The lowest BCUT2D eigenvalue weighted by Gasteiger charge is -2.31. The van der Waals surface area contributed by atoms with E-state index in [1.54, 1.807) is 45.9 Å². The third kappa shape index (κ3) is 5.09. The number of anilines is 3. The second-order valence-electron chi connectivity index (χ2n) is 14.0. The summed E-state index contributed by atoms with van der Waals surface area (Å²) in [7, 11) is -3.35. The van der Waals surface area contributed by atoms with Gasteiger partial charge in [0, 0.05) is 58.9 Å². The minimum atomic E-state index is -3.35. The zero-order valence-corrected chi connectivity index (χ0v) is 29.8. The van der Waals surface area contributed by atoms with Crippen molar-refractivity contribution < 1.29 is 23.5 Å². The number of amides is 2. The van der Waals surface area contributed by atoms with E-state index < -0.39 is 31.6 Å². The Kier molecular flexibility index (Phi) is 7.94. The first-order valence-electron chi connectivity index (χ1n) is 16.9. The zero-order valence-electron chi connectivity index (χ0n) is 28.0. The number of nitrogens with zero attached hydrogens (tertiary/aromatic N) is 5. The van der Waals surface area contributed by atoms with Crippen molar-refractivity contribution in [2.75, 3.05) is 16.4 Å². The normalized spacial score (nSPS) is 22.8. The third-order valence-corrected chi connectivity index (χ3v) is 13.3. The molecule has 0 aliphatic carbocycles. The Bertz CT molecular complexity index is 2150. The molecule has 12 heteroatoms. The maximum Gasteiger partial charge on any atom is 0.264 e. The largest absolute Gasteiger partial charge is 0.396 e. The number of aromatic nitrogens is 3. The molecule has 1 saturated heterocycles. The molecule has 1 N–H and O–H groups in total. The quantitative estimate of drug-likeness (QED) is 0.127. The number of carbonyl (C=O) groups is 2. The van der Waals surface area contributed by atoms with Crippen LogP contribution in [0.5, 0.6) is 0 Å². The van der Waals surface area contributed by atoms with Crippen molar-refractivity contribution in [3.8, 4) is 0 Å². The van der Waals surface area contributed by atoms with Gasteiger partial charge in [-0.3, -0.25) is 19.2 Å². The second kappa shape index (κ2) is 12.1. The van der Waals surface area contributed by atoms with Crippen molar-refractivity contribution in [2.24, 2.45) is 5.92 Å². The molecule has 1 aromatic heterocycles. The van der Waals surface area contributed by atoms with Crippen LogP contribution in [0.3, 0.4) is 0 Å². The third-order valence-electron chi connectivity index (χ3n) is 10.6. The smallest absolute Gasteiger partial charge is 0.264 e. The molecule has 0 unspecified atom stereocenters. The maximum absolute atomic E-state index is 16.3. The molecule has 5 aromatic rings. The van der Waals surface area contributed by atoms with E-state index >= 15 is 4.11 Å². The zero-order chi connectivity index (χ0) is 34.9. The Morgan fingerprint density at radius 3 is 2.52 bits per heavy atom. The molecule has 0 saturated carbocycles. The highest BCUT2D eigenvalue weighted by Crippen LogP contribution is 2.60. The standard InChI is InChI=1S/C38H37ClFN5O4Si/c1-23-35(50(2,3)40)33(16-18-43-22-27(17-19-46)41-42-43)49-38(23)30-20-26(39)12-15-31(30)44(37(38)48)21-24-10-13-28(14-11-24)45-32-9-5-7-25-6-4-8-29(34(25)32)36(45)47/h4-15,20,22-23,33,35,46H,16-19,21H2,1-3H3/t23-,33+,35-,38+/m1/s1. The predicted octanol–water partition coefficient (Wildman–Crippen LogP) is 7.32. The number of rotatable bonds is 9. The summed E-state index contributed by atoms with van der Waals surface area (Å²) >= 11 is 6.55. The SMILES string of the molecule is C[C@@H]1[C@@H]([Si](C)(C)F)[C@H](CCn2cc(CCO)nn2)O[C@@]12C(=O)N(Cc1ccc(N3C(=O)c4cccc5cccc3c45)cc1)c1ccc(Cl)cc12. The molecule has 0 bridgehead atoms. The van der Waals surface area contributed by atoms with Gasteiger partial charge in [0.15, 0.2) is 5.60 Å². The van der Waals surface area contributed by atoms with E-state index in [4.69, 9.17) is 16.3 Å². The maximum atomic E-state index is 16.3. The number of halogens is 2.